The molecule has 1 aliphatic heterocycles. The molecule has 0 radical (unpaired) electrons. The van der Waals surface area contributed by atoms with Crippen molar-refractivity contribution in [1.29, 1.82) is 0 Å². The zero-order chi connectivity index (χ0) is 22.1. The van der Waals surface area contributed by atoms with Gasteiger partial charge in [-0.2, -0.15) is 0 Å². The molecule has 0 bridgehead atoms. The number of aliphatic hydroxyl groups excluding tert-OH is 1. The van der Waals surface area contributed by atoms with E-state index in [0.717, 1.165) is 16.7 Å². The predicted octanol–water partition coefficient (Wildman–Crippen LogP) is 4.70. The fourth-order valence-corrected chi connectivity index (χ4v) is 3.89. The van der Waals surface area contributed by atoms with Crippen LogP contribution < -0.4 is 0 Å². The van der Waals surface area contributed by atoms with Gasteiger partial charge in [-0.05, 0) is 61.7 Å². The number of benzene rings is 2. The van der Waals surface area contributed by atoms with Crippen LogP contribution >= 0.6 is 0 Å². The number of nitrogens with zero attached hydrogens (tertiary/aromatic N) is 1. The smallest absolute Gasteiger partial charge is 0.295 e. The molecule has 0 aliphatic carbocycles. The van der Waals surface area contributed by atoms with Crippen molar-refractivity contribution < 1.29 is 23.5 Å². The van der Waals surface area contributed by atoms with Crippen LogP contribution in [0.1, 0.15) is 34.1 Å². The minimum atomic E-state index is -0.838. The Labute approximate surface area is 179 Å². The molecule has 0 saturated carbocycles. The monoisotopic (exact) mass is 419 g/mol. The van der Waals surface area contributed by atoms with Crippen molar-refractivity contribution in [3.05, 3.63) is 100 Å². The van der Waals surface area contributed by atoms with Gasteiger partial charge in [-0.15, -0.1) is 0 Å². The normalized spacial score (nSPS) is 18.0. The summed E-state index contributed by atoms with van der Waals surface area (Å²) in [6, 6.07) is 14.1. The topological polar surface area (TPSA) is 70.8 Å². The fourth-order valence-electron chi connectivity index (χ4n) is 3.89. The van der Waals surface area contributed by atoms with E-state index >= 15 is 0 Å². The number of furan rings is 1. The summed E-state index contributed by atoms with van der Waals surface area (Å²) in [7, 11) is 0. The molecule has 158 valence electrons. The van der Waals surface area contributed by atoms with Gasteiger partial charge in [-0.1, -0.05) is 29.8 Å². The van der Waals surface area contributed by atoms with E-state index in [1.807, 2.05) is 26.0 Å². The van der Waals surface area contributed by atoms with E-state index in [9.17, 15) is 19.1 Å². The number of hydrogen-bond donors (Lipinski definition) is 1. The molecule has 1 aliphatic rings. The van der Waals surface area contributed by atoms with Crippen molar-refractivity contribution in [2.45, 2.75) is 26.3 Å². The minimum Gasteiger partial charge on any atom is -0.507 e. The van der Waals surface area contributed by atoms with Crippen LogP contribution in [0.4, 0.5) is 4.39 Å². The highest BCUT2D eigenvalue weighted by molar-refractivity contribution is 6.46. The van der Waals surface area contributed by atoms with Gasteiger partial charge in [0.25, 0.3) is 11.7 Å². The highest BCUT2D eigenvalue weighted by Crippen LogP contribution is 2.40. The number of hydrogen-bond acceptors (Lipinski definition) is 4. The fraction of sp³-hybridized carbons (Fsp3) is 0.200. The maximum Gasteiger partial charge on any atom is 0.295 e. The summed E-state index contributed by atoms with van der Waals surface area (Å²) in [4.78, 5) is 27.3. The second kappa shape index (κ2) is 8.22. The van der Waals surface area contributed by atoms with Gasteiger partial charge < -0.3 is 14.4 Å². The molecular weight excluding hydrogens is 397 g/mol. The lowest BCUT2D eigenvalue weighted by molar-refractivity contribution is -0.140. The number of Topliss-reactive ketones (excluding diaryl/α,β-unsaturated/α-hetero) is 1. The summed E-state index contributed by atoms with van der Waals surface area (Å²) in [6.45, 7) is 3.94. The quantitative estimate of drug-likeness (QED) is 0.370. The highest BCUT2D eigenvalue weighted by Gasteiger charge is 2.47. The van der Waals surface area contributed by atoms with Crippen LogP contribution in [0.5, 0.6) is 0 Å². The van der Waals surface area contributed by atoms with E-state index in [4.69, 9.17) is 4.42 Å². The Kier molecular flexibility index (Phi) is 5.46. The summed E-state index contributed by atoms with van der Waals surface area (Å²) in [5.41, 5.74) is 3.06. The average molecular weight is 419 g/mol. The first kappa shape index (κ1) is 20.6. The SMILES string of the molecule is Cc1ccc(C)c(/C(O)=C2/C(=O)C(=O)N(CCc3ccc(F)cc3)C2c2ccco2)c1. The third kappa shape index (κ3) is 3.89. The Morgan fingerprint density at radius 2 is 1.84 bits per heavy atom. The van der Waals surface area contributed by atoms with Crippen LogP contribution in [0, 0.1) is 19.7 Å². The third-order valence-electron chi connectivity index (χ3n) is 5.56. The maximum absolute atomic E-state index is 13.2. The molecule has 2 aromatic carbocycles. The highest BCUT2D eigenvalue weighted by atomic mass is 19.1. The number of ketones is 1. The molecule has 5 nitrogen and oxygen atoms in total. The lowest BCUT2D eigenvalue weighted by atomic mass is 9.96. The number of likely N-dealkylation sites (tertiary alicyclic amines) is 1. The molecular formula is C25H22FNO4. The summed E-state index contributed by atoms with van der Waals surface area (Å²) in [5, 5.41) is 11.1. The molecule has 1 atom stereocenters. The van der Waals surface area contributed by atoms with Crippen LogP contribution in [0.2, 0.25) is 0 Å². The molecule has 1 aromatic heterocycles. The molecule has 4 rings (SSSR count). The Morgan fingerprint density at radius 3 is 2.52 bits per heavy atom. The molecule has 1 N–H and O–H groups in total. The summed E-state index contributed by atoms with van der Waals surface area (Å²) in [6.07, 6.45) is 1.89. The van der Waals surface area contributed by atoms with Crippen molar-refractivity contribution in [2.75, 3.05) is 6.54 Å². The van der Waals surface area contributed by atoms with Gasteiger partial charge >= 0.3 is 0 Å². The van der Waals surface area contributed by atoms with Gasteiger partial charge in [0.1, 0.15) is 23.4 Å². The largest absolute Gasteiger partial charge is 0.507 e. The van der Waals surface area contributed by atoms with Gasteiger partial charge in [0.2, 0.25) is 0 Å². The van der Waals surface area contributed by atoms with Gasteiger partial charge in [-0.3, -0.25) is 9.59 Å². The lowest BCUT2D eigenvalue weighted by Crippen LogP contribution is -2.31. The summed E-state index contributed by atoms with van der Waals surface area (Å²) < 4.78 is 18.7. The van der Waals surface area contributed by atoms with E-state index in [2.05, 4.69) is 0 Å². The van der Waals surface area contributed by atoms with E-state index in [1.54, 1.807) is 30.3 Å². The second-order valence-corrected chi connectivity index (χ2v) is 7.70. The van der Waals surface area contributed by atoms with Crippen LogP contribution in [0.25, 0.3) is 5.76 Å². The second-order valence-electron chi connectivity index (χ2n) is 7.70. The molecule has 1 saturated heterocycles. The van der Waals surface area contributed by atoms with E-state index in [0.29, 0.717) is 17.7 Å². The number of aliphatic hydroxyl groups is 1. The van der Waals surface area contributed by atoms with Gasteiger partial charge in [-0.25, -0.2) is 4.39 Å². The summed E-state index contributed by atoms with van der Waals surface area (Å²) >= 11 is 0. The molecule has 31 heavy (non-hydrogen) atoms. The first-order chi connectivity index (χ1) is 14.9. The first-order valence-corrected chi connectivity index (χ1v) is 10.0. The Bertz CT molecular complexity index is 1160. The predicted molar refractivity (Wildman–Crippen MR) is 114 cm³/mol. The maximum atomic E-state index is 13.2. The molecule has 0 spiro atoms. The first-order valence-electron chi connectivity index (χ1n) is 10.0. The molecule has 1 fully saturated rings. The van der Waals surface area contributed by atoms with E-state index < -0.39 is 17.7 Å². The standard InChI is InChI=1S/C25H22FNO4/c1-15-5-6-16(2)19(14-15)23(28)21-22(20-4-3-13-31-20)27(25(30)24(21)29)12-11-17-7-9-18(26)10-8-17/h3-10,13-14,22,28H,11-12H2,1-2H3/b23-21-. The van der Waals surface area contributed by atoms with Crippen LogP contribution in [-0.2, 0) is 16.0 Å². The van der Waals surface area contributed by atoms with Crippen molar-refractivity contribution in [3.8, 4) is 0 Å². The minimum absolute atomic E-state index is 0.00718. The molecule has 6 heteroatoms. The van der Waals surface area contributed by atoms with Crippen molar-refractivity contribution in [3.63, 3.8) is 0 Å². The average Bonchev–Trinajstić information content (AvgIpc) is 3.36. The number of halogens is 1. The number of rotatable bonds is 5. The van der Waals surface area contributed by atoms with E-state index in [1.165, 1.54) is 23.3 Å². The van der Waals surface area contributed by atoms with Crippen molar-refractivity contribution in [1.82, 2.24) is 4.90 Å². The van der Waals surface area contributed by atoms with Gasteiger partial charge in [0, 0.05) is 12.1 Å². The van der Waals surface area contributed by atoms with Crippen LogP contribution in [0.15, 0.2) is 70.9 Å². The van der Waals surface area contributed by atoms with Crippen molar-refractivity contribution in [2.24, 2.45) is 0 Å². The van der Waals surface area contributed by atoms with Crippen molar-refractivity contribution >= 4 is 17.4 Å². The molecule has 2 heterocycles. The Morgan fingerprint density at radius 1 is 1.10 bits per heavy atom. The van der Waals surface area contributed by atoms with Gasteiger partial charge in [0.05, 0.1) is 11.8 Å². The number of carbonyl (C=O) groups excluding carboxylic acids is 2. The third-order valence-corrected chi connectivity index (χ3v) is 5.56. The number of aryl methyl sites for hydroxylation is 2. The lowest BCUT2D eigenvalue weighted by Gasteiger charge is -2.23. The zero-order valence-corrected chi connectivity index (χ0v) is 17.3. The van der Waals surface area contributed by atoms with Gasteiger partial charge in [0.15, 0.2) is 0 Å². The molecule has 1 unspecified atom stereocenters. The Balaban J connectivity index is 1.76. The Hall–Kier alpha value is -3.67. The van der Waals surface area contributed by atoms with E-state index in [-0.39, 0.29) is 23.7 Å². The number of carbonyl (C=O) groups is 2. The zero-order valence-electron chi connectivity index (χ0n) is 17.3. The van der Waals surface area contributed by atoms with Crippen LogP contribution in [0.3, 0.4) is 0 Å². The molecule has 1 amide bonds. The van der Waals surface area contributed by atoms with Crippen LogP contribution in [-0.4, -0.2) is 28.2 Å². The number of amides is 1. The summed E-state index contributed by atoms with van der Waals surface area (Å²) in [5.74, 6) is -1.61. The molecule has 3 aromatic rings.